The molecule has 0 aromatic carbocycles. The van der Waals surface area contributed by atoms with Crippen LogP contribution in [0, 0.1) is 11.8 Å². The van der Waals surface area contributed by atoms with Gasteiger partial charge in [0.1, 0.15) is 0 Å². The van der Waals surface area contributed by atoms with Crippen molar-refractivity contribution in [3.05, 3.63) is 0 Å². The summed E-state index contributed by atoms with van der Waals surface area (Å²) >= 11 is 0. The van der Waals surface area contributed by atoms with Gasteiger partial charge in [-0.1, -0.05) is 6.42 Å². The predicted molar refractivity (Wildman–Crippen MR) is 79.3 cm³/mol. The molecular weight excluding hydrogens is 277 g/mol. The average Bonchev–Trinajstić information content (AvgIpc) is 2.46. The van der Waals surface area contributed by atoms with Crippen molar-refractivity contribution in [2.75, 3.05) is 26.2 Å². The summed E-state index contributed by atoms with van der Waals surface area (Å²) in [6.07, 6.45) is 2.02. The Morgan fingerprint density at radius 3 is 2.24 bits per heavy atom. The maximum Gasteiger partial charge on any atom is 0.391 e. The molecule has 1 N–H and O–H groups in total. The van der Waals surface area contributed by atoms with Crippen molar-refractivity contribution in [1.29, 1.82) is 0 Å². The van der Waals surface area contributed by atoms with Gasteiger partial charge in [-0.25, -0.2) is 0 Å². The van der Waals surface area contributed by atoms with Gasteiger partial charge in [0.25, 0.3) is 0 Å². The summed E-state index contributed by atoms with van der Waals surface area (Å²) in [6, 6.07) is 0.434. The maximum absolute atomic E-state index is 12.6. The van der Waals surface area contributed by atoms with E-state index < -0.39 is 12.1 Å². The fourth-order valence-electron chi connectivity index (χ4n) is 3.66. The van der Waals surface area contributed by atoms with Crippen LogP contribution in [0.3, 0.4) is 0 Å². The maximum atomic E-state index is 12.6. The number of rotatable bonds is 5. The number of halogens is 3. The van der Waals surface area contributed by atoms with E-state index in [9.17, 15) is 13.2 Å². The quantitative estimate of drug-likeness (QED) is 0.830. The average molecular weight is 306 g/mol. The molecular formula is C16H29F3N2. The molecule has 0 amide bonds. The lowest BCUT2D eigenvalue weighted by molar-refractivity contribution is -0.183. The third-order valence-corrected chi connectivity index (χ3v) is 5.05. The first-order valence-electron chi connectivity index (χ1n) is 8.47. The van der Waals surface area contributed by atoms with E-state index in [0.717, 1.165) is 13.1 Å². The van der Waals surface area contributed by atoms with Crippen LogP contribution in [0.4, 0.5) is 13.2 Å². The molecule has 1 saturated heterocycles. The summed E-state index contributed by atoms with van der Waals surface area (Å²) in [5.74, 6) is -0.632. The summed E-state index contributed by atoms with van der Waals surface area (Å²) in [4.78, 5) is 2.50. The molecule has 1 aliphatic carbocycles. The van der Waals surface area contributed by atoms with Crippen molar-refractivity contribution >= 4 is 0 Å². The second kappa shape index (κ2) is 7.82. The van der Waals surface area contributed by atoms with E-state index in [1.165, 1.54) is 32.4 Å². The van der Waals surface area contributed by atoms with Gasteiger partial charge in [-0.15, -0.1) is 0 Å². The first kappa shape index (κ1) is 17.1. The lowest BCUT2D eigenvalue weighted by Crippen LogP contribution is -2.43. The van der Waals surface area contributed by atoms with Gasteiger partial charge in [0.05, 0.1) is 5.92 Å². The number of nitrogens with zero attached hydrogens (tertiary/aromatic N) is 1. The van der Waals surface area contributed by atoms with E-state index >= 15 is 0 Å². The summed E-state index contributed by atoms with van der Waals surface area (Å²) in [5.41, 5.74) is 0. The second-order valence-electron chi connectivity index (χ2n) is 6.93. The molecule has 0 radical (unpaired) electrons. The summed E-state index contributed by atoms with van der Waals surface area (Å²) in [7, 11) is 0. The molecule has 1 unspecified atom stereocenters. The van der Waals surface area contributed by atoms with Gasteiger partial charge >= 0.3 is 6.18 Å². The molecule has 1 atom stereocenters. The molecule has 0 aromatic heterocycles. The highest BCUT2D eigenvalue weighted by Gasteiger charge is 2.41. The van der Waals surface area contributed by atoms with E-state index in [1.54, 1.807) is 0 Å². The first-order valence-corrected chi connectivity index (χ1v) is 8.47. The van der Waals surface area contributed by atoms with Crippen LogP contribution in [0.2, 0.25) is 0 Å². The Morgan fingerprint density at radius 1 is 1.05 bits per heavy atom. The Balaban J connectivity index is 1.60. The molecule has 5 heteroatoms. The van der Waals surface area contributed by atoms with Crippen LogP contribution < -0.4 is 5.32 Å². The number of nitrogens with one attached hydrogen (secondary N) is 1. The van der Waals surface area contributed by atoms with Crippen LogP contribution in [-0.4, -0.2) is 43.3 Å². The van der Waals surface area contributed by atoms with Crippen LogP contribution in [0.25, 0.3) is 0 Å². The number of alkyl halides is 3. The largest absolute Gasteiger partial charge is 0.391 e. The second-order valence-corrected chi connectivity index (χ2v) is 6.93. The van der Waals surface area contributed by atoms with Crippen LogP contribution in [0.5, 0.6) is 0 Å². The SMILES string of the molecule is CC(CN1CCCCC1)NCC1CCC(C(F)(F)F)CC1. The van der Waals surface area contributed by atoms with Crippen molar-refractivity contribution in [2.24, 2.45) is 11.8 Å². The number of hydrogen-bond acceptors (Lipinski definition) is 2. The number of hydrogen-bond donors (Lipinski definition) is 1. The minimum atomic E-state index is -3.99. The van der Waals surface area contributed by atoms with Gasteiger partial charge in [0.15, 0.2) is 0 Å². The summed E-state index contributed by atoms with van der Waals surface area (Å²) < 4.78 is 37.9. The molecule has 0 spiro atoms. The van der Waals surface area contributed by atoms with Gasteiger partial charge in [0.2, 0.25) is 0 Å². The highest BCUT2D eigenvalue weighted by Crippen LogP contribution is 2.39. The zero-order valence-corrected chi connectivity index (χ0v) is 13.1. The van der Waals surface area contributed by atoms with E-state index in [1.807, 2.05) is 0 Å². The Morgan fingerprint density at radius 2 is 1.67 bits per heavy atom. The van der Waals surface area contributed by atoms with Crippen molar-refractivity contribution < 1.29 is 13.2 Å². The molecule has 1 saturated carbocycles. The van der Waals surface area contributed by atoms with Crippen LogP contribution in [0.1, 0.15) is 51.9 Å². The van der Waals surface area contributed by atoms with Crippen molar-refractivity contribution in [1.82, 2.24) is 10.2 Å². The molecule has 2 nitrogen and oxygen atoms in total. The van der Waals surface area contributed by atoms with E-state index in [4.69, 9.17) is 0 Å². The Bertz CT molecular complexity index is 292. The smallest absolute Gasteiger partial charge is 0.313 e. The van der Waals surface area contributed by atoms with Gasteiger partial charge in [-0.2, -0.15) is 13.2 Å². The number of likely N-dealkylation sites (tertiary alicyclic amines) is 1. The molecule has 2 fully saturated rings. The molecule has 0 bridgehead atoms. The third kappa shape index (κ3) is 5.78. The first-order chi connectivity index (χ1) is 9.95. The zero-order valence-electron chi connectivity index (χ0n) is 13.1. The van der Waals surface area contributed by atoms with Crippen molar-refractivity contribution in [2.45, 2.75) is 64.1 Å². The highest BCUT2D eigenvalue weighted by atomic mass is 19.4. The van der Waals surface area contributed by atoms with E-state index in [2.05, 4.69) is 17.1 Å². The topological polar surface area (TPSA) is 15.3 Å². The molecule has 124 valence electrons. The molecule has 0 aromatic rings. The van der Waals surface area contributed by atoms with Crippen LogP contribution >= 0.6 is 0 Å². The Hall–Kier alpha value is -0.290. The van der Waals surface area contributed by atoms with Crippen molar-refractivity contribution in [3.8, 4) is 0 Å². The minimum absolute atomic E-state index is 0.316. The molecule has 21 heavy (non-hydrogen) atoms. The van der Waals surface area contributed by atoms with Crippen molar-refractivity contribution in [3.63, 3.8) is 0 Å². The Labute approximate surface area is 126 Å². The molecule has 2 rings (SSSR count). The molecule has 1 heterocycles. The van der Waals surface area contributed by atoms with Gasteiger partial charge < -0.3 is 10.2 Å². The molecule has 2 aliphatic rings. The van der Waals surface area contributed by atoms with Crippen LogP contribution in [-0.2, 0) is 0 Å². The van der Waals surface area contributed by atoms with Gasteiger partial charge in [-0.05, 0) is 71.0 Å². The zero-order chi connectivity index (χ0) is 15.3. The lowest BCUT2D eigenvalue weighted by Gasteiger charge is -2.32. The minimum Gasteiger partial charge on any atom is -0.313 e. The predicted octanol–water partition coefficient (Wildman–Crippen LogP) is 3.82. The van der Waals surface area contributed by atoms with E-state index in [0.29, 0.717) is 37.6 Å². The van der Waals surface area contributed by atoms with E-state index in [-0.39, 0.29) is 0 Å². The summed E-state index contributed by atoms with van der Waals surface area (Å²) in [6.45, 7) is 6.53. The fraction of sp³-hybridized carbons (Fsp3) is 1.00. The fourth-order valence-corrected chi connectivity index (χ4v) is 3.66. The third-order valence-electron chi connectivity index (χ3n) is 5.05. The Kier molecular flexibility index (Phi) is 6.35. The van der Waals surface area contributed by atoms with Gasteiger partial charge in [0, 0.05) is 12.6 Å². The summed E-state index contributed by atoms with van der Waals surface area (Å²) in [5, 5.41) is 3.53. The molecule has 1 aliphatic heterocycles. The lowest BCUT2D eigenvalue weighted by atomic mass is 9.81. The van der Waals surface area contributed by atoms with Crippen LogP contribution in [0.15, 0.2) is 0 Å². The normalized spacial score (nSPS) is 30.3. The standard InChI is InChI=1S/C16H29F3N2/c1-13(12-21-9-3-2-4-10-21)20-11-14-5-7-15(8-6-14)16(17,18)19/h13-15,20H,2-12H2,1H3. The highest BCUT2D eigenvalue weighted by molar-refractivity contribution is 4.79. The number of piperidine rings is 1. The monoisotopic (exact) mass is 306 g/mol. The van der Waals surface area contributed by atoms with Gasteiger partial charge in [-0.3, -0.25) is 0 Å².